The van der Waals surface area contributed by atoms with Crippen LogP contribution in [0.5, 0.6) is 5.75 Å². The third-order valence-electron chi connectivity index (χ3n) is 3.41. The number of alkyl halides is 3. The van der Waals surface area contributed by atoms with E-state index in [9.17, 15) is 23.1 Å². The van der Waals surface area contributed by atoms with Crippen LogP contribution in [-0.4, -0.2) is 18.1 Å². The molecule has 0 bridgehead atoms. The van der Waals surface area contributed by atoms with Crippen molar-refractivity contribution in [2.75, 3.05) is 12.4 Å². The van der Waals surface area contributed by atoms with Crippen LogP contribution in [0.25, 0.3) is 5.76 Å². The van der Waals surface area contributed by atoms with Crippen LogP contribution in [0.2, 0.25) is 0 Å². The SMILES string of the molecule is COc1ccc(/C(O)=C(\C#N)C(=O)Nc2ccc(C(F)(F)F)cc2)cc1. The lowest BCUT2D eigenvalue weighted by Crippen LogP contribution is -2.15. The number of nitriles is 1. The first kappa shape index (κ1) is 18.9. The molecule has 0 aliphatic carbocycles. The second-order valence-corrected chi connectivity index (χ2v) is 5.09. The van der Waals surface area contributed by atoms with Crippen LogP contribution in [0.15, 0.2) is 54.1 Å². The van der Waals surface area contributed by atoms with E-state index in [-0.39, 0.29) is 11.3 Å². The molecule has 0 spiro atoms. The van der Waals surface area contributed by atoms with E-state index >= 15 is 0 Å². The number of benzene rings is 2. The van der Waals surface area contributed by atoms with E-state index in [0.29, 0.717) is 5.75 Å². The van der Waals surface area contributed by atoms with E-state index in [2.05, 4.69) is 5.32 Å². The molecule has 8 heteroatoms. The molecule has 2 aromatic carbocycles. The maximum Gasteiger partial charge on any atom is 0.416 e. The number of methoxy groups -OCH3 is 1. The molecular formula is C18H13F3N2O3. The highest BCUT2D eigenvalue weighted by Gasteiger charge is 2.30. The number of nitrogens with one attached hydrogen (secondary N) is 1. The Bertz CT molecular complexity index is 865. The number of nitrogens with zero attached hydrogens (tertiary/aromatic N) is 1. The lowest BCUT2D eigenvalue weighted by atomic mass is 10.1. The molecule has 5 nitrogen and oxygen atoms in total. The molecule has 0 saturated heterocycles. The molecule has 0 fully saturated rings. The van der Waals surface area contributed by atoms with Gasteiger partial charge in [-0.2, -0.15) is 18.4 Å². The fraction of sp³-hybridized carbons (Fsp3) is 0.111. The van der Waals surface area contributed by atoms with Crippen molar-refractivity contribution in [1.82, 2.24) is 0 Å². The fourth-order valence-electron chi connectivity index (χ4n) is 2.04. The van der Waals surface area contributed by atoms with Crippen LogP contribution in [0.3, 0.4) is 0 Å². The molecule has 0 aliphatic rings. The summed E-state index contributed by atoms with van der Waals surface area (Å²) in [5.41, 5.74) is -1.18. The van der Waals surface area contributed by atoms with Crippen LogP contribution >= 0.6 is 0 Å². The number of hydrogen-bond donors (Lipinski definition) is 2. The first-order chi connectivity index (χ1) is 12.3. The van der Waals surface area contributed by atoms with Gasteiger partial charge >= 0.3 is 6.18 Å². The number of anilines is 1. The molecule has 26 heavy (non-hydrogen) atoms. The van der Waals surface area contributed by atoms with Crippen LogP contribution in [0.4, 0.5) is 18.9 Å². The van der Waals surface area contributed by atoms with Crippen molar-refractivity contribution in [1.29, 1.82) is 5.26 Å². The number of hydrogen-bond acceptors (Lipinski definition) is 4. The molecule has 0 saturated carbocycles. The van der Waals surface area contributed by atoms with Crippen LogP contribution in [0.1, 0.15) is 11.1 Å². The number of halogens is 3. The van der Waals surface area contributed by atoms with E-state index in [1.54, 1.807) is 6.07 Å². The molecule has 2 rings (SSSR count). The van der Waals surface area contributed by atoms with Gasteiger partial charge in [0.2, 0.25) is 0 Å². The molecule has 0 unspecified atom stereocenters. The standard InChI is InChI=1S/C18H13F3N2O3/c1-26-14-8-2-11(3-9-14)16(24)15(10-22)17(25)23-13-6-4-12(5-7-13)18(19,20)21/h2-9,24H,1H3,(H,23,25)/b16-15-. The third-order valence-corrected chi connectivity index (χ3v) is 3.41. The van der Waals surface area contributed by atoms with Crippen molar-refractivity contribution in [3.05, 3.63) is 65.2 Å². The van der Waals surface area contributed by atoms with Crippen molar-refractivity contribution in [3.63, 3.8) is 0 Å². The Morgan fingerprint density at radius 1 is 1.12 bits per heavy atom. The average Bonchev–Trinajstić information content (AvgIpc) is 2.62. The molecule has 2 N–H and O–H groups in total. The topological polar surface area (TPSA) is 82.3 Å². The van der Waals surface area contributed by atoms with Crippen molar-refractivity contribution in [3.8, 4) is 11.8 Å². The summed E-state index contributed by atoms with van der Waals surface area (Å²) < 4.78 is 42.6. The van der Waals surface area contributed by atoms with Crippen LogP contribution in [0, 0.1) is 11.3 Å². The summed E-state index contributed by atoms with van der Waals surface area (Å²) in [5, 5.41) is 21.6. The number of carbonyl (C=O) groups excluding carboxylic acids is 1. The monoisotopic (exact) mass is 362 g/mol. The number of ether oxygens (including phenoxy) is 1. The summed E-state index contributed by atoms with van der Waals surface area (Å²) in [5.74, 6) is -0.977. The Balaban J connectivity index is 2.23. The Labute approximate surface area is 146 Å². The fourth-order valence-corrected chi connectivity index (χ4v) is 2.04. The van der Waals surface area contributed by atoms with Gasteiger partial charge in [-0.05, 0) is 48.5 Å². The summed E-state index contributed by atoms with van der Waals surface area (Å²) in [6, 6.07) is 11.3. The highest BCUT2D eigenvalue weighted by molar-refractivity contribution is 6.10. The lowest BCUT2D eigenvalue weighted by Gasteiger charge is -2.09. The molecule has 134 valence electrons. The van der Waals surface area contributed by atoms with E-state index in [1.807, 2.05) is 0 Å². The van der Waals surface area contributed by atoms with Gasteiger partial charge in [0.1, 0.15) is 17.6 Å². The smallest absolute Gasteiger partial charge is 0.416 e. The van der Waals surface area contributed by atoms with E-state index in [0.717, 1.165) is 24.3 Å². The molecule has 2 aromatic rings. The van der Waals surface area contributed by atoms with Gasteiger partial charge < -0.3 is 15.2 Å². The molecule has 0 heterocycles. The maximum absolute atomic E-state index is 12.5. The number of rotatable bonds is 4. The molecular weight excluding hydrogens is 349 g/mol. The largest absolute Gasteiger partial charge is 0.506 e. The molecule has 0 radical (unpaired) electrons. The van der Waals surface area contributed by atoms with Crippen molar-refractivity contribution in [2.45, 2.75) is 6.18 Å². The van der Waals surface area contributed by atoms with Gasteiger partial charge in [0.15, 0.2) is 5.57 Å². The van der Waals surface area contributed by atoms with Crippen molar-refractivity contribution < 1.29 is 27.8 Å². The lowest BCUT2D eigenvalue weighted by molar-refractivity contribution is -0.137. The van der Waals surface area contributed by atoms with Gasteiger partial charge in [-0.15, -0.1) is 0 Å². The van der Waals surface area contributed by atoms with Gasteiger partial charge in [-0.25, -0.2) is 0 Å². The van der Waals surface area contributed by atoms with Gasteiger partial charge in [0, 0.05) is 11.3 Å². The second kappa shape index (κ2) is 7.61. The van der Waals surface area contributed by atoms with Crippen molar-refractivity contribution >= 4 is 17.4 Å². The Morgan fingerprint density at radius 2 is 1.69 bits per heavy atom. The Kier molecular flexibility index (Phi) is 5.52. The van der Waals surface area contributed by atoms with E-state index in [1.165, 1.54) is 31.4 Å². The first-order valence-electron chi connectivity index (χ1n) is 7.22. The Hall–Kier alpha value is -3.47. The highest BCUT2D eigenvalue weighted by atomic mass is 19.4. The summed E-state index contributed by atoms with van der Waals surface area (Å²) in [4.78, 5) is 12.2. The van der Waals surface area contributed by atoms with E-state index < -0.39 is 29.0 Å². The minimum absolute atomic E-state index is 0.0540. The zero-order valence-electron chi connectivity index (χ0n) is 13.5. The van der Waals surface area contributed by atoms with E-state index in [4.69, 9.17) is 10.00 Å². The molecule has 1 amide bonds. The average molecular weight is 362 g/mol. The number of carbonyl (C=O) groups is 1. The maximum atomic E-state index is 12.5. The Morgan fingerprint density at radius 3 is 2.15 bits per heavy atom. The second-order valence-electron chi connectivity index (χ2n) is 5.09. The minimum atomic E-state index is -4.49. The normalized spacial score (nSPS) is 12.0. The van der Waals surface area contributed by atoms with Gasteiger partial charge in [-0.3, -0.25) is 4.79 Å². The highest BCUT2D eigenvalue weighted by Crippen LogP contribution is 2.30. The summed E-state index contributed by atoms with van der Waals surface area (Å²) in [6.07, 6.45) is -4.49. The predicted molar refractivity (Wildman–Crippen MR) is 88.2 cm³/mol. The summed E-state index contributed by atoms with van der Waals surface area (Å²) in [6.45, 7) is 0. The minimum Gasteiger partial charge on any atom is -0.506 e. The number of aliphatic hydroxyl groups excluding tert-OH is 1. The zero-order chi connectivity index (χ0) is 19.3. The molecule has 0 aliphatic heterocycles. The van der Waals surface area contributed by atoms with Crippen LogP contribution in [-0.2, 0) is 11.0 Å². The van der Waals surface area contributed by atoms with Gasteiger partial charge in [-0.1, -0.05) is 0 Å². The van der Waals surface area contributed by atoms with Crippen LogP contribution < -0.4 is 10.1 Å². The number of aliphatic hydroxyl groups is 1. The number of amides is 1. The summed E-state index contributed by atoms with van der Waals surface area (Å²) in [7, 11) is 1.46. The first-order valence-corrected chi connectivity index (χ1v) is 7.22. The van der Waals surface area contributed by atoms with Gasteiger partial charge in [0.25, 0.3) is 5.91 Å². The van der Waals surface area contributed by atoms with Crippen molar-refractivity contribution in [2.24, 2.45) is 0 Å². The quantitative estimate of drug-likeness (QED) is 0.486. The molecule has 0 aromatic heterocycles. The third kappa shape index (κ3) is 4.33. The van der Waals surface area contributed by atoms with Gasteiger partial charge in [0.05, 0.1) is 12.7 Å². The molecule has 0 atom stereocenters. The predicted octanol–water partition coefficient (Wildman–Crippen LogP) is 4.15. The summed E-state index contributed by atoms with van der Waals surface area (Å²) >= 11 is 0. The zero-order valence-corrected chi connectivity index (χ0v) is 13.5.